The van der Waals surface area contributed by atoms with Gasteiger partial charge in [-0.1, -0.05) is 6.07 Å². The summed E-state index contributed by atoms with van der Waals surface area (Å²) >= 11 is 0. The molecule has 0 radical (unpaired) electrons. The van der Waals surface area contributed by atoms with Gasteiger partial charge in [0.25, 0.3) is 5.88 Å². The number of aromatic nitrogens is 3. The largest absolute Gasteiger partial charge is 0.490 e. The molecular formula is C24H29N7O3. The molecule has 1 aliphatic heterocycles. The van der Waals surface area contributed by atoms with E-state index in [-0.39, 0.29) is 13.2 Å². The Kier molecular flexibility index (Phi) is 6.43. The minimum Gasteiger partial charge on any atom is -0.490 e. The fraction of sp³-hybridized carbons (Fsp3) is 0.375. The SMILES string of the molecule is CN1CCN(CCOC2=CC(=Nc3c(OCCO)nn4ccccc34)C(=N)c3cc[nH]c32)CC1. The lowest BCUT2D eigenvalue weighted by Crippen LogP contribution is -2.45. The summed E-state index contributed by atoms with van der Waals surface area (Å²) in [6.45, 7) is 5.59. The number of fused-ring (bicyclic) bond motifs is 2. The molecule has 34 heavy (non-hydrogen) atoms. The van der Waals surface area contributed by atoms with Crippen molar-refractivity contribution in [1.82, 2.24) is 24.4 Å². The maximum Gasteiger partial charge on any atom is 0.260 e. The molecule has 3 aromatic rings. The number of pyridine rings is 1. The Balaban J connectivity index is 1.43. The van der Waals surface area contributed by atoms with Crippen LogP contribution in [0.25, 0.3) is 11.3 Å². The van der Waals surface area contributed by atoms with Gasteiger partial charge in [-0.3, -0.25) is 10.3 Å². The average molecular weight is 464 g/mol. The first-order valence-electron chi connectivity index (χ1n) is 11.5. The number of allylic oxidation sites excluding steroid dienone is 1. The lowest BCUT2D eigenvalue weighted by atomic mass is 9.98. The van der Waals surface area contributed by atoms with Gasteiger partial charge in [0.05, 0.1) is 29.2 Å². The maximum atomic E-state index is 9.20. The Labute approximate surface area is 197 Å². The van der Waals surface area contributed by atoms with Crippen LogP contribution in [-0.4, -0.2) is 101 Å². The van der Waals surface area contributed by atoms with Crippen LogP contribution in [0, 0.1) is 5.41 Å². The van der Waals surface area contributed by atoms with Crippen molar-refractivity contribution >= 4 is 28.4 Å². The van der Waals surface area contributed by atoms with Crippen molar-refractivity contribution < 1.29 is 14.6 Å². The number of aliphatic hydroxyl groups excluding tert-OH is 1. The molecule has 3 aromatic heterocycles. The molecule has 10 nitrogen and oxygen atoms in total. The quantitative estimate of drug-likeness (QED) is 0.469. The lowest BCUT2D eigenvalue weighted by Gasteiger charge is -2.32. The predicted molar refractivity (Wildman–Crippen MR) is 130 cm³/mol. The summed E-state index contributed by atoms with van der Waals surface area (Å²) in [5, 5.41) is 22.4. The third-order valence-corrected chi connectivity index (χ3v) is 6.09. The zero-order valence-electron chi connectivity index (χ0n) is 19.2. The third-order valence-electron chi connectivity index (χ3n) is 6.09. The molecule has 0 aromatic carbocycles. The van der Waals surface area contributed by atoms with Crippen molar-refractivity contribution in [3.63, 3.8) is 0 Å². The summed E-state index contributed by atoms with van der Waals surface area (Å²) in [5.74, 6) is 0.976. The number of hydrogen-bond donors (Lipinski definition) is 3. The van der Waals surface area contributed by atoms with Crippen molar-refractivity contribution in [2.24, 2.45) is 4.99 Å². The van der Waals surface area contributed by atoms with Crippen LogP contribution >= 0.6 is 0 Å². The van der Waals surface area contributed by atoms with Gasteiger partial charge < -0.3 is 24.5 Å². The number of nitrogens with zero attached hydrogens (tertiary/aromatic N) is 5. The van der Waals surface area contributed by atoms with Gasteiger partial charge in [-0.15, -0.1) is 5.10 Å². The standard InChI is InChI=1S/C24H29N7O3/c1-29-8-10-30(11-9-29)12-14-33-20-16-18(21(25)17-5-6-26-22(17)20)27-23-19-4-2-3-7-31(19)28-24(23)34-15-13-32/h2-7,16,25-26,32H,8-15H2,1H3. The number of likely N-dealkylation sites (N-methyl/N-ethyl adjacent to an activating group) is 1. The van der Waals surface area contributed by atoms with Crippen LogP contribution in [0.1, 0.15) is 11.3 Å². The first-order chi connectivity index (χ1) is 16.6. The summed E-state index contributed by atoms with van der Waals surface area (Å²) in [4.78, 5) is 12.7. The number of rotatable bonds is 8. The number of hydrogen-bond acceptors (Lipinski definition) is 8. The van der Waals surface area contributed by atoms with Crippen LogP contribution in [0.4, 0.5) is 5.69 Å². The van der Waals surface area contributed by atoms with E-state index in [4.69, 9.17) is 19.9 Å². The Morgan fingerprint density at radius 1 is 1.15 bits per heavy atom. The van der Waals surface area contributed by atoms with E-state index in [9.17, 15) is 5.11 Å². The van der Waals surface area contributed by atoms with E-state index in [1.165, 1.54) is 0 Å². The third kappa shape index (κ3) is 4.47. The number of aliphatic hydroxyl groups is 1. The summed E-state index contributed by atoms with van der Waals surface area (Å²) in [5.41, 5.74) is 3.56. The molecule has 0 saturated carbocycles. The zero-order chi connectivity index (χ0) is 23.5. The van der Waals surface area contributed by atoms with E-state index in [1.54, 1.807) is 10.6 Å². The number of H-pyrrole nitrogens is 1. The second-order valence-corrected chi connectivity index (χ2v) is 8.40. The molecule has 1 saturated heterocycles. The van der Waals surface area contributed by atoms with Crippen LogP contribution in [0.3, 0.4) is 0 Å². The van der Waals surface area contributed by atoms with E-state index >= 15 is 0 Å². The molecular weight excluding hydrogens is 434 g/mol. The molecule has 0 spiro atoms. The van der Waals surface area contributed by atoms with Gasteiger partial charge in [0, 0.05) is 56.8 Å². The number of piperazine rings is 1. The van der Waals surface area contributed by atoms with Crippen molar-refractivity contribution in [2.45, 2.75) is 0 Å². The van der Waals surface area contributed by atoms with Crippen molar-refractivity contribution in [3.05, 3.63) is 54.0 Å². The topological polar surface area (TPSA) is 114 Å². The number of aromatic amines is 1. The van der Waals surface area contributed by atoms with Crippen LogP contribution in [-0.2, 0) is 4.74 Å². The minimum atomic E-state index is -0.127. The van der Waals surface area contributed by atoms with E-state index in [1.807, 2.05) is 36.7 Å². The second kappa shape index (κ2) is 9.80. The van der Waals surface area contributed by atoms with Crippen LogP contribution < -0.4 is 4.74 Å². The molecule has 0 atom stereocenters. The lowest BCUT2D eigenvalue weighted by molar-refractivity contribution is 0.127. The van der Waals surface area contributed by atoms with E-state index in [0.29, 0.717) is 35.4 Å². The smallest absolute Gasteiger partial charge is 0.260 e. The molecule has 0 bridgehead atoms. The summed E-state index contributed by atoms with van der Waals surface area (Å²) < 4.78 is 13.5. The first kappa shape index (κ1) is 22.3. The van der Waals surface area contributed by atoms with Gasteiger partial charge in [0.2, 0.25) is 0 Å². The minimum absolute atomic E-state index is 0.109. The van der Waals surface area contributed by atoms with Gasteiger partial charge in [0.15, 0.2) is 5.69 Å². The Hall–Kier alpha value is -3.47. The number of aliphatic imine (C=N–C) groups is 1. The highest BCUT2D eigenvalue weighted by atomic mass is 16.5. The van der Waals surface area contributed by atoms with Crippen molar-refractivity contribution in [1.29, 1.82) is 5.41 Å². The Bertz CT molecular complexity index is 1230. The maximum absolute atomic E-state index is 9.20. The highest BCUT2D eigenvalue weighted by molar-refractivity contribution is 6.54. The second-order valence-electron chi connectivity index (χ2n) is 8.40. The Morgan fingerprint density at radius 2 is 2.00 bits per heavy atom. The normalized spacial score (nSPS) is 18.4. The van der Waals surface area contributed by atoms with Crippen molar-refractivity contribution in [3.8, 4) is 5.88 Å². The van der Waals surface area contributed by atoms with Gasteiger partial charge in [-0.05, 0) is 25.2 Å². The average Bonchev–Trinajstić information content (AvgIpc) is 3.47. The molecule has 2 aliphatic rings. The van der Waals surface area contributed by atoms with E-state index < -0.39 is 0 Å². The highest BCUT2D eigenvalue weighted by Crippen LogP contribution is 2.34. The monoisotopic (exact) mass is 463 g/mol. The van der Waals surface area contributed by atoms with Gasteiger partial charge in [-0.2, -0.15) is 0 Å². The Morgan fingerprint density at radius 3 is 2.82 bits per heavy atom. The molecule has 10 heteroatoms. The van der Waals surface area contributed by atoms with Gasteiger partial charge in [0.1, 0.15) is 19.0 Å². The van der Waals surface area contributed by atoms with Crippen LogP contribution in [0.2, 0.25) is 0 Å². The molecule has 0 unspecified atom stereocenters. The van der Waals surface area contributed by atoms with Gasteiger partial charge >= 0.3 is 0 Å². The first-order valence-corrected chi connectivity index (χ1v) is 11.5. The fourth-order valence-electron chi connectivity index (χ4n) is 4.18. The van der Waals surface area contributed by atoms with Crippen LogP contribution in [0.5, 0.6) is 5.88 Å². The summed E-state index contributed by atoms with van der Waals surface area (Å²) in [6.07, 6.45) is 5.42. The molecule has 0 amide bonds. The number of ether oxygens (including phenoxy) is 2. The fourth-order valence-corrected chi connectivity index (χ4v) is 4.18. The van der Waals surface area contributed by atoms with Gasteiger partial charge in [-0.25, -0.2) is 9.51 Å². The molecule has 4 heterocycles. The predicted octanol–water partition coefficient (Wildman–Crippen LogP) is 1.79. The van der Waals surface area contributed by atoms with Crippen molar-refractivity contribution in [2.75, 3.05) is 59.6 Å². The summed E-state index contributed by atoms with van der Waals surface area (Å²) in [6, 6.07) is 7.52. The molecule has 5 rings (SSSR count). The number of nitrogens with one attached hydrogen (secondary N) is 2. The van der Waals surface area contributed by atoms with Crippen LogP contribution in [0.15, 0.2) is 47.7 Å². The molecule has 3 N–H and O–H groups in total. The molecule has 1 aliphatic carbocycles. The highest BCUT2D eigenvalue weighted by Gasteiger charge is 2.25. The van der Waals surface area contributed by atoms with E-state index in [2.05, 4.69) is 26.9 Å². The van der Waals surface area contributed by atoms with E-state index in [0.717, 1.165) is 49.5 Å². The zero-order valence-corrected chi connectivity index (χ0v) is 19.2. The molecule has 1 fully saturated rings. The molecule has 178 valence electrons. The summed E-state index contributed by atoms with van der Waals surface area (Å²) in [7, 11) is 2.15.